The van der Waals surface area contributed by atoms with Gasteiger partial charge in [0.25, 0.3) is 0 Å². The third-order valence-corrected chi connectivity index (χ3v) is 4.77. The molecule has 0 unspecified atom stereocenters. The monoisotopic (exact) mass is 259 g/mol. The Kier molecular flexibility index (Phi) is 3.61. The van der Waals surface area contributed by atoms with Gasteiger partial charge in [-0.3, -0.25) is 9.89 Å². The first-order valence-corrected chi connectivity index (χ1v) is 7.13. The molecule has 1 rings (SSSR count). The molecule has 1 amide bonds. The quantitative estimate of drug-likeness (QED) is 0.834. The number of aryl methyl sites for hydroxylation is 1. The van der Waals surface area contributed by atoms with Crippen LogP contribution in [0.3, 0.4) is 0 Å². The number of hydrogen-bond acceptors (Lipinski definition) is 4. The van der Waals surface area contributed by atoms with Crippen molar-refractivity contribution in [1.82, 2.24) is 10.2 Å². The fraction of sp³-hybridized carbons (Fsp3) is 0.600. The lowest BCUT2D eigenvalue weighted by molar-refractivity contribution is -0.117. The van der Waals surface area contributed by atoms with E-state index >= 15 is 0 Å². The van der Waals surface area contributed by atoms with Crippen LogP contribution in [-0.4, -0.2) is 35.5 Å². The van der Waals surface area contributed by atoms with Crippen molar-refractivity contribution in [1.29, 1.82) is 0 Å². The molecule has 0 aliphatic heterocycles. The van der Waals surface area contributed by atoms with Gasteiger partial charge in [0.05, 0.1) is 0 Å². The summed E-state index contributed by atoms with van der Waals surface area (Å²) in [7, 11) is -3.47. The number of aromatic nitrogens is 2. The van der Waals surface area contributed by atoms with E-state index in [9.17, 15) is 13.2 Å². The second-order valence-electron chi connectivity index (χ2n) is 4.37. The molecule has 0 saturated heterocycles. The average molecular weight is 259 g/mol. The van der Waals surface area contributed by atoms with Gasteiger partial charge >= 0.3 is 0 Å². The number of aromatic amines is 1. The zero-order valence-electron chi connectivity index (χ0n) is 10.4. The third-order valence-electron chi connectivity index (χ3n) is 2.73. The topological polar surface area (TPSA) is 91.9 Å². The number of amides is 1. The Bertz CT molecular complexity index is 517. The summed E-state index contributed by atoms with van der Waals surface area (Å²) in [5.41, 5.74) is 0.873. The molecule has 1 aromatic heterocycles. The molecule has 0 bridgehead atoms. The van der Waals surface area contributed by atoms with Gasteiger partial charge in [-0.15, -0.1) is 0 Å². The smallest absolute Gasteiger partial charge is 0.246 e. The zero-order valence-corrected chi connectivity index (χ0v) is 11.2. The number of nitrogens with one attached hydrogen (secondary N) is 2. The van der Waals surface area contributed by atoms with Gasteiger partial charge in [-0.05, 0) is 20.3 Å². The van der Waals surface area contributed by atoms with Crippen LogP contribution in [-0.2, 0) is 21.1 Å². The van der Waals surface area contributed by atoms with Gasteiger partial charge in [0.1, 0.15) is 4.75 Å². The van der Waals surface area contributed by atoms with Crippen LogP contribution < -0.4 is 5.32 Å². The fourth-order valence-corrected chi connectivity index (χ4v) is 1.43. The van der Waals surface area contributed by atoms with Crippen LogP contribution in [0.1, 0.15) is 26.5 Å². The summed E-state index contributed by atoms with van der Waals surface area (Å²) in [6.07, 6.45) is 1.80. The van der Waals surface area contributed by atoms with E-state index in [0.29, 0.717) is 5.82 Å². The van der Waals surface area contributed by atoms with Gasteiger partial charge in [-0.2, -0.15) is 5.10 Å². The molecular weight excluding hydrogens is 242 g/mol. The van der Waals surface area contributed by atoms with Crippen LogP contribution in [0.25, 0.3) is 0 Å². The van der Waals surface area contributed by atoms with Gasteiger partial charge < -0.3 is 5.32 Å². The van der Waals surface area contributed by atoms with E-state index in [2.05, 4.69) is 15.5 Å². The van der Waals surface area contributed by atoms with E-state index in [-0.39, 0.29) is 0 Å². The Labute approximate surface area is 101 Å². The van der Waals surface area contributed by atoms with Crippen molar-refractivity contribution in [2.75, 3.05) is 11.6 Å². The van der Waals surface area contributed by atoms with Crippen LogP contribution in [0, 0.1) is 0 Å². The highest BCUT2D eigenvalue weighted by Gasteiger charge is 2.38. The van der Waals surface area contributed by atoms with E-state index in [1.165, 1.54) is 13.8 Å². The summed E-state index contributed by atoms with van der Waals surface area (Å²) in [4.78, 5) is 11.8. The standard InChI is InChI=1S/C10H17N3O3S/c1-5-7-6-8(13-12-7)11-9(14)10(2,3)17(4,15)16/h6H,5H2,1-4H3,(H2,11,12,13,14). The SMILES string of the molecule is CCc1cc(NC(=O)C(C)(C)S(C)(=O)=O)n[nH]1. The lowest BCUT2D eigenvalue weighted by Gasteiger charge is -2.20. The summed E-state index contributed by atoms with van der Waals surface area (Å²) >= 11 is 0. The van der Waals surface area contributed by atoms with Crippen molar-refractivity contribution >= 4 is 21.6 Å². The normalized spacial score (nSPS) is 12.5. The molecule has 2 N–H and O–H groups in total. The molecule has 96 valence electrons. The van der Waals surface area contributed by atoms with Gasteiger partial charge in [0.2, 0.25) is 5.91 Å². The predicted octanol–water partition coefficient (Wildman–Crippen LogP) is 0.734. The highest BCUT2D eigenvalue weighted by atomic mass is 32.2. The summed E-state index contributed by atoms with van der Waals surface area (Å²) in [6.45, 7) is 4.68. The van der Waals surface area contributed by atoms with E-state index in [1.807, 2.05) is 6.92 Å². The molecule has 6 nitrogen and oxygen atoms in total. The van der Waals surface area contributed by atoms with Crippen LogP contribution >= 0.6 is 0 Å². The molecule has 17 heavy (non-hydrogen) atoms. The van der Waals surface area contributed by atoms with Crippen molar-refractivity contribution in [3.05, 3.63) is 11.8 Å². The molecule has 0 aliphatic carbocycles. The lowest BCUT2D eigenvalue weighted by atomic mass is 10.2. The van der Waals surface area contributed by atoms with E-state index < -0.39 is 20.5 Å². The predicted molar refractivity (Wildman–Crippen MR) is 65.5 cm³/mol. The Morgan fingerprint density at radius 3 is 2.53 bits per heavy atom. The number of nitrogens with zero attached hydrogens (tertiary/aromatic N) is 1. The van der Waals surface area contributed by atoms with Crippen molar-refractivity contribution in [2.24, 2.45) is 0 Å². The van der Waals surface area contributed by atoms with Crippen LogP contribution in [0.15, 0.2) is 6.07 Å². The summed E-state index contributed by atoms with van der Waals surface area (Å²) in [5, 5.41) is 9.09. The van der Waals surface area contributed by atoms with Crippen LogP contribution in [0.2, 0.25) is 0 Å². The lowest BCUT2D eigenvalue weighted by Crippen LogP contribution is -2.43. The molecule has 0 fully saturated rings. The Morgan fingerprint density at radius 2 is 2.12 bits per heavy atom. The van der Waals surface area contributed by atoms with Crippen molar-refractivity contribution in [3.8, 4) is 0 Å². The molecule has 0 aromatic carbocycles. The molecule has 0 aliphatic rings. The van der Waals surface area contributed by atoms with Crippen LogP contribution in [0.4, 0.5) is 5.82 Å². The maximum Gasteiger partial charge on any atom is 0.246 e. The zero-order chi connectivity index (χ0) is 13.3. The number of rotatable bonds is 4. The Hall–Kier alpha value is -1.37. The fourth-order valence-electron chi connectivity index (χ4n) is 1.04. The van der Waals surface area contributed by atoms with Gasteiger partial charge in [-0.25, -0.2) is 8.42 Å². The first-order chi connectivity index (χ1) is 7.68. The van der Waals surface area contributed by atoms with Crippen molar-refractivity contribution in [3.63, 3.8) is 0 Å². The summed E-state index contributed by atoms with van der Waals surface area (Å²) < 4.78 is 21.4. The minimum Gasteiger partial charge on any atom is -0.308 e. The highest BCUT2D eigenvalue weighted by molar-refractivity contribution is 7.92. The molecule has 0 saturated carbocycles. The maximum absolute atomic E-state index is 11.8. The molecule has 0 spiro atoms. The van der Waals surface area contributed by atoms with Gasteiger partial charge in [0.15, 0.2) is 15.7 Å². The molecule has 1 aromatic rings. The Balaban J connectivity index is 2.86. The summed E-state index contributed by atoms with van der Waals surface area (Å²) in [6, 6.07) is 1.68. The van der Waals surface area contributed by atoms with Crippen molar-refractivity contribution < 1.29 is 13.2 Å². The number of anilines is 1. The average Bonchev–Trinajstić information content (AvgIpc) is 2.63. The van der Waals surface area contributed by atoms with Gasteiger partial charge in [-0.1, -0.05) is 6.92 Å². The number of carbonyl (C=O) groups excluding carboxylic acids is 1. The number of hydrogen-bond donors (Lipinski definition) is 2. The van der Waals surface area contributed by atoms with Crippen LogP contribution in [0.5, 0.6) is 0 Å². The first-order valence-electron chi connectivity index (χ1n) is 5.24. The number of H-pyrrole nitrogens is 1. The molecular formula is C10H17N3O3S. The van der Waals surface area contributed by atoms with E-state index in [0.717, 1.165) is 18.4 Å². The first kappa shape index (κ1) is 13.7. The number of sulfone groups is 1. The van der Waals surface area contributed by atoms with Gasteiger partial charge in [0, 0.05) is 18.0 Å². The van der Waals surface area contributed by atoms with E-state index in [4.69, 9.17) is 0 Å². The largest absolute Gasteiger partial charge is 0.308 e. The second-order valence-corrected chi connectivity index (χ2v) is 6.93. The highest BCUT2D eigenvalue weighted by Crippen LogP contribution is 2.18. The minimum atomic E-state index is -3.47. The summed E-state index contributed by atoms with van der Waals surface area (Å²) in [5.74, 6) is -0.252. The molecule has 1 heterocycles. The van der Waals surface area contributed by atoms with Crippen molar-refractivity contribution in [2.45, 2.75) is 31.9 Å². The van der Waals surface area contributed by atoms with E-state index in [1.54, 1.807) is 6.07 Å². The Morgan fingerprint density at radius 1 is 1.53 bits per heavy atom. The number of carbonyl (C=O) groups is 1. The maximum atomic E-state index is 11.8. The minimum absolute atomic E-state index is 0.337. The molecule has 7 heteroatoms. The second kappa shape index (κ2) is 4.48. The third kappa shape index (κ3) is 2.85. The molecule has 0 radical (unpaired) electrons. The molecule has 0 atom stereocenters.